The molecule has 3 aromatic heterocycles. The van der Waals surface area contributed by atoms with E-state index in [9.17, 15) is 9.18 Å². The zero-order valence-corrected chi connectivity index (χ0v) is 16.9. The SMILES string of the molecule is CC(C)(C)c1cc(CNC(=O)Nc2cc(F)cc3[nH]ncc23)n(-c2ccccn2)n1. The van der Waals surface area contributed by atoms with Crippen molar-refractivity contribution < 1.29 is 9.18 Å². The van der Waals surface area contributed by atoms with Crippen molar-refractivity contribution in [3.63, 3.8) is 0 Å². The quantitative estimate of drug-likeness (QED) is 0.478. The van der Waals surface area contributed by atoms with E-state index in [4.69, 9.17) is 0 Å². The van der Waals surface area contributed by atoms with Gasteiger partial charge in [0.25, 0.3) is 0 Å². The maximum absolute atomic E-state index is 13.8. The van der Waals surface area contributed by atoms with E-state index in [1.54, 1.807) is 10.9 Å². The zero-order valence-electron chi connectivity index (χ0n) is 16.9. The molecule has 0 fully saturated rings. The molecule has 0 radical (unpaired) electrons. The molecule has 0 bridgehead atoms. The number of hydrogen-bond donors (Lipinski definition) is 3. The van der Waals surface area contributed by atoms with Crippen molar-refractivity contribution in [3.05, 3.63) is 66.0 Å². The van der Waals surface area contributed by atoms with Crippen molar-refractivity contribution in [3.8, 4) is 5.82 Å². The molecule has 0 saturated heterocycles. The number of aromatic amines is 1. The molecule has 0 aliphatic carbocycles. The predicted octanol–water partition coefficient (Wildman–Crippen LogP) is 3.90. The fraction of sp³-hybridized carbons (Fsp3) is 0.238. The number of fused-ring (bicyclic) bond motifs is 1. The molecular weight excluding hydrogens is 385 g/mol. The maximum atomic E-state index is 13.8. The highest BCUT2D eigenvalue weighted by molar-refractivity contribution is 6.00. The number of rotatable bonds is 4. The molecule has 3 heterocycles. The van der Waals surface area contributed by atoms with Gasteiger partial charge >= 0.3 is 6.03 Å². The molecule has 0 saturated carbocycles. The summed E-state index contributed by atoms with van der Waals surface area (Å²) in [6, 6.07) is 9.63. The molecule has 0 aliphatic heterocycles. The molecule has 4 rings (SSSR count). The molecule has 3 N–H and O–H groups in total. The number of urea groups is 1. The molecular formula is C21H22FN7O. The molecule has 0 aliphatic rings. The summed E-state index contributed by atoms with van der Waals surface area (Å²) < 4.78 is 15.5. The predicted molar refractivity (Wildman–Crippen MR) is 112 cm³/mol. The molecule has 8 nitrogen and oxygen atoms in total. The number of amides is 2. The Bertz CT molecular complexity index is 1190. The first kappa shape index (κ1) is 19.6. The van der Waals surface area contributed by atoms with Crippen molar-refractivity contribution in [2.45, 2.75) is 32.7 Å². The Kier molecular flexibility index (Phi) is 4.94. The third-order valence-electron chi connectivity index (χ3n) is 4.62. The first-order valence-corrected chi connectivity index (χ1v) is 9.49. The van der Waals surface area contributed by atoms with E-state index in [1.807, 2.05) is 24.3 Å². The lowest BCUT2D eigenvalue weighted by Crippen LogP contribution is -2.29. The summed E-state index contributed by atoms with van der Waals surface area (Å²) in [6.45, 7) is 6.43. The van der Waals surface area contributed by atoms with E-state index in [1.165, 1.54) is 18.3 Å². The van der Waals surface area contributed by atoms with Gasteiger partial charge < -0.3 is 10.6 Å². The first-order valence-electron chi connectivity index (χ1n) is 9.49. The van der Waals surface area contributed by atoms with E-state index in [0.717, 1.165) is 11.4 Å². The Labute approximate surface area is 172 Å². The summed E-state index contributed by atoms with van der Waals surface area (Å²) in [7, 11) is 0. The van der Waals surface area contributed by atoms with Crippen LogP contribution in [0.5, 0.6) is 0 Å². The van der Waals surface area contributed by atoms with E-state index in [0.29, 0.717) is 22.4 Å². The van der Waals surface area contributed by atoms with Gasteiger partial charge in [-0.15, -0.1) is 0 Å². The van der Waals surface area contributed by atoms with Crippen LogP contribution >= 0.6 is 0 Å². The van der Waals surface area contributed by atoms with Crippen LogP contribution in [0.15, 0.2) is 48.8 Å². The highest BCUT2D eigenvalue weighted by Crippen LogP contribution is 2.24. The van der Waals surface area contributed by atoms with Crippen LogP contribution in [0, 0.1) is 5.82 Å². The van der Waals surface area contributed by atoms with Gasteiger partial charge in [-0.25, -0.2) is 18.9 Å². The number of nitrogens with zero attached hydrogens (tertiary/aromatic N) is 4. The van der Waals surface area contributed by atoms with E-state index >= 15 is 0 Å². The van der Waals surface area contributed by atoms with Gasteiger partial charge in [0.15, 0.2) is 5.82 Å². The van der Waals surface area contributed by atoms with Gasteiger partial charge in [0.2, 0.25) is 0 Å². The highest BCUT2D eigenvalue weighted by Gasteiger charge is 2.21. The molecule has 30 heavy (non-hydrogen) atoms. The molecule has 2 amide bonds. The minimum absolute atomic E-state index is 0.161. The number of aromatic nitrogens is 5. The van der Waals surface area contributed by atoms with Crippen molar-refractivity contribution in [2.24, 2.45) is 0 Å². The number of H-pyrrole nitrogens is 1. The highest BCUT2D eigenvalue weighted by atomic mass is 19.1. The van der Waals surface area contributed by atoms with Gasteiger partial charge in [-0.05, 0) is 30.3 Å². The average Bonchev–Trinajstić information content (AvgIpc) is 3.33. The Balaban J connectivity index is 1.55. The van der Waals surface area contributed by atoms with Crippen LogP contribution in [0.25, 0.3) is 16.7 Å². The van der Waals surface area contributed by atoms with Crippen LogP contribution in [0.3, 0.4) is 0 Å². The number of nitrogens with one attached hydrogen (secondary N) is 3. The third-order valence-corrected chi connectivity index (χ3v) is 4.62. The van der Waals surface area contributed by atoms with Crippen molar-refractivity contribution in [2.75, 3.05) is 5.32 Å². The number of hydrogen-bond acceptors (Lipinski definition) is 4. The van der Waals surface area contributed by atoms with Crippen LogP contribution in [-0.4, -0.2) is 31.0 Å². The van der Waals surface area contributed by atoms with Crippen LogP contribution < -0.4 is 10.6 Å². The summed E-state index contributed by atoms with van der Waals surface area (Å²) >= 11 is 0. The second kappa shape index (κ2) is 7.58. The van der Waals surface area contributed by atoms with Crippen LogP contribution in [0.4, 0.5) is 14.9 Å². The number of carbonyl (C=O) groups excluding carboxylic acids is 1. The molecule has 1 aromatic carbocycles. The fourth-order valence-corrected chi connectivity index (χ4v) is 3.05. The fourth-order valence-electron chi connectivity index (χ4n) is 3.05. The Morgan fingerprint density at radius 2 is 2.07 bits per heavy atom. The van der Waals surface area contributed by atoms with Gasteiger partial charge in [-0.2, -0.15) is 10.2 Å². The second-order valence-corrected chi connectivity index (χ2v) is 7.96. The number of halogens is 1. The third kappa shape index (κ3) is 4.00. The number of benzene rings is 1. The Morgan fingerprint density at radius 3 is 2.80 bits per heavy atom. The van der Waals surface area contributed by atoms with E-state index < -0.39 is 11.8 Å². The van der Waals surface area contributed by atoms with Crippen LogP contribution in [0.1, 0.15) is 32.2 Å². The largest absolute Gasteiger partial charge is 0.332 e. The summed E-state index contributed by atoms with van der Waals surface area (Å²) in [4.78, 5) is 16.9. The zero-order chi connectivity index (χ0) is 21.3. The standard InChI is InChI=1S/C21H22FN7O/c1-21(2,3)18-10-14(29(28-18)19-6-4-5-7-23-19)11-24-20(30)26-16-8-13(22)9-17-15(16)12-25-27-17/h4-10,12H,11H2,1-3H3,(H,25,27)(H2,24,26,30). The first-order chi connectivity index (χ1) is 14.3. The Morgan fingerprint density at radius 1 is 1.23 bits per heavy atom. The molecule has 0 spiro atoms. The minimum atomic E-state index is -0.468. The van der Waals surface area contributed by atoms with Crippen LogP contribution in [0.2, 0.25) is 0 Å². The smallest absolute Gasteiger partial charge is 0.319 e. The number of carbonyl (C=O) groups is 1. The van der Waals surface area contributed by atoms with Gasteiger partial charge in [-0.1, -0.05) is 26.8 Å². The van der Waals surface area contributed by atoms with Crippen LogP contribution in [-0.2, 0) is 12.0 Å². The van der Waals surface area contributed by atoms with Crippen molar-refractivity contribution >= 4 is 22.6 Å². The summed E-state index contributed by atoms with van der Waals surface area (Å²) in [5.74, 6) is 0.195. The lowest BCUT2D eigenvalue weighted by Gasteiger charge is -2.14. The molecule has 9 heteroatoms. The lowest BCUT2D eigenvalue weighted by atomic mass is 9.92. The molecule has 4 aromatic rings. The average molecular weight is 407 g/mol. The van der Waals surface area contributed by atoms with Gasteiger partial charge in [0.05, 0.1) is 35.3 Å². The monoisotopic (exact) mass is 407 g/mol. The van der Waals surface area contributed by atoms with E-state index in [-0.39, 0.29) is 12.0 Å². The topological polar surface area (TPSA) is 101 Å². The summed E-state index contributed by atoms with van der Waals surface area (Å²) in [6.07, 6.45) is 3.23. The maximum Gasteiger partial charge on any atom is 0.319 e. The van der Waals surface area contributed by atoms with Crippen molar-refractivity contribution in [1.29, 1.82) is 0 Å². The van der Waals surface area contributed by atoms with Gasteiger partial charge in [0, 0.05) is 17.0 Å². The number of pyridine rings is 1. The normalized spacial score (nSPS) is 11.6. The molecule has 154 valence electrons. The van der Waals surface area contributed by atoms with E-state index in [2.05, 4.69) is 51.7 Å². The lowest BCUT2D eigenvalue weighted by molar-refractivity contribution is 0.251. The van der Waals surface area contributed by atoms with Crippen molar-refractivity contribution in [1.82, 2.24) is 30.3 Å². The van der Waals surface area contributed by atoms with Gasteiger partial charge in [-0.3, -0.25) is 5.10 Å². The molecule has 0 unspecified atom stereocenters. The summed E-state index contributed by atoms with van der Waals surface area (Å²) in [5, 5.41) is 17.4. The summed E-state index contributed by atoms with van der Waals surface area (Å²) in [5.41, 5.74) is 2.35. The second-order valence-electron chi connectivity index (χ2n) is 7.96. The Hall–Kier alpha value is -3.75. The van der Waals surface area contributed by atoms with Gasteiger partial charge in [0.1, 0.15) is 5.82 Å². The molecule has 0 atom stereocenters. The number of anilines is 1. The minimum Gasteiger partial charge on any atom is -0.332 e.